The van der Waals surface area contributed by atoms with Gasteiger partial charge in [-0.25, -0.2) is 4.39 Å². The molecule has 6 heteroatoms. The van der Waals surface area contributed by atoms with Gasteiger partial charge < -0.3 is 19.5 Å². The number of benzene rings is 1. The summed E-state index contributed by atoms with van der Waals surface area (Å²) in [6, 6.07) is 4.92. The molecular weight excluding hydrogens is 317 g/mol. The van der Waals surface area contributed by atoms with E-state index in [4.69, 9.17) is 14.2 Å². The first-order chi connectivity index (χ1) is 9.24. The van der Waals surface area contributed by atoms with Gasteiger partial charge in [-0.15, -0.1) is 0 Å². The Morgan fingerprint density at radius 1 is 1.11 bits per heavy atom. The van der Waals surface area contributed by atoms with Gasteiger partial charge in [-0.2, -0.15) is 0 Å². The molecule has 0 saturated heterocycles. The van der Waals surface area contributed by atoms with Crippen molar-refractivity contribution in [3.63, 3.8) is 0 Å². The van der Waals surface area contributed by atoms with Crippen molar-refractivity contribution in [3.8, 4) is 0 Å². The summed E-state index contributed by atoms with van der Waals surface area (Å²) in [5, 5.41) is 3.08. The SMILES string of the molecule is COCCOCCOCCNc1ccc(Br)c(F)c1. The zero-order valence-electron chi connectivity index (χ0n) is 11.0. The van der Waals surface area contributed by atoms with E-state index in [2.05, 4.69) is 21.2 Å². The van der Waals surface area contributed by atoms with Gasteiger partial charge >= 0.3 is 0 Å². The van der Waals surface area contributed by atoms with Gasteiger partial charge in [0.05, 0.1) is 37.5 Å². The average Bonchev–Trinajstić information content (AvgIpc) is 2.41. The first kappa shape index (κ1) is 16.4. The highest BCUT2D eigenvalue weighted by Gasteiger charge is 1.99. The van der Waals surface area contributed by atoms with E-state index in [9.17, 15) is 4.39 Å². The Hall–Kier alpha value is -0.690. The van der Waals surface area contributed by atoms with Gasteiger partial charge in [0, 0.05) is 19.3 Å². The van der Waals surface area contributed by atoms with Crippen molar-refractivity contribution in [2.45, 2.75) is 0 Å². The Morgan fingerprint density at radius 3 is 2.47 bits per heavy atom. The van der Waals surface area contributed by atoms with E-state index in [1.807, 2.05) is 0 Å². The van der Waals surface area contributed by atoms with Crippen LogP contribution in [-0.4, -0.2) is 46.7 Å². The fourth-order valence-electron chi connectivity index (χ4n) is 1.34. The molecule has 0 aliphatic carbocycles. The highest BCUT2D eigenvalue weighted by molar-refractivity contribution is 9.10. The van der Waals surface area contributed by atoms with Crippen LogP contribution >= 0.6 is 15.9 Å². The first-order valence-electron chi connectivity index (χ1n) is 6.07. The summed E-state index contributed by atoms with van der Waals surface area (Å²) >= 11 is 3.11. The van der Waals surface area contributed by atoms with Crippen molar-refractivity contribution in [2.24, 2.45) is 0 Å². The van der Waals surface area contributed by atoms with Gasteiger partial charge in [-0.3, -0.25) is 0 Å². The van der Waals surface area contributed by atoms with E-state index < -0.39 is 0 Å². The summed E-state index contributed by atoms with van der Waals surface area (Å²) in [5.74, 6) is -0.280. The van der Waals surface area contributed by atoms with E-state index in [1.54, 1.807) is 19.2 Å². The van der Waals surface area contributed by atoms with Crippen LogP contribution < -0.4 is 5.32 Å². The molecule has 0 radical (unpaired) electrons. The number of nitrogens with one attached hydrogen (secondary N) is 1. The molecule has 1 aromatic carbocycles. The third-order valence-electron chi connectivity index (χ3n) is 2.30. The molecule has 0 aromatic heterocycles. The Labute approximate surface area is 121 Å². The van der Waals surface area contributed by atoms with Crippen LogP contribution in [0.4, 0.5) is 10.1 Å². The monoisotopic (exact) mass is 335 g/mol. The largest absolute Gasteiger partial charge is 0.383 e. The molecule has 0 aliphatic rings. The maximum atomic E-state index is 13.2. The fourth-order valence-corrected chi connectivity index (χ4v) is 1.58. The first-order valence-corrected chi connectivity index (χ1v) is 6.86. The Balaban J connectivity index is 2.00. The van der Waals surface area contributed by atoms with E-state index in [0.717, 1.165) is 5.69 Å². The minimum Gasteiger partial charge on any atom is -0.383 e. The third kappa shape index (κ3) is 7.47. The number of methoxy groups -OCH3 is 1. The van der Waals surface area contributed by atoms with Crippen molar-refractivity contribution in [1.82, 2.24) is 0 Å². The highest BCUT2D eigenvalue weighted by Crippen LogP contribution is 2.18. The average molecular weight is 336 g/mol. The molecular formula is C13H19BrFNO3. The molecule has 1 rings (SSSR count). The van der Waals surface area contributed by atoms with Crippen LogP contribution in [-0.2, 0) is 14.2 Å². The summed E-state index contributed by atoms with van der Waals surface area (Å²) in [5.41, 5.74) is 0.737. The molecule has 0 fully saturated rings. The molecule has 0 unspecified atom stereocenters. The van der Waals surface area contributed by atoms with Gasteiger partial charge in [0.25, 0.3) is 0 Å². The normalized spacial score (nSPS) is 10.7. The number of hydrogen-bond donors (Lipinski definition) is 1. The maximum Gasteiger partial charge on any atom is 0.139 e. The quantitative estimate of drug-likeness (QED) is 0.667. The molecule has 0 saturated carbocycles. The van der Waals surface area contributed by atoms with Crippen molar-refractivity contribution in [2.75, 3.05) is 52.0 Å². The molecule has 4 nitrogen and oxygen atoms in total. The van der Waals surface area contributed by atoms with Crippen LogP contribution in [0, 0.1) is 5.82 Å². The minimum atomic E-state index is -0.280. The summed E-state index contributed by atoms with van der Waals surface area (Å²) < 4.78 is 29.1. The third-order valence-corrected chi connectivity index (χ3v) is 2.94. The van der Waals surface area contributed by atoms with Crippen LogP contribution in [0.2, 0.25) is 0 Å². The second kappa shape index (κ2) is 10.1. The van der Waals surface area contributed by atoms with Crippen molar-refractivity contribution in [3.05, 3.63) is 28.5 Å². The molecule has 1 aromatic rings. The van der Waals surface area contributed by atoms with Crippen molar-refractivity contribution >= 4 is 21.6 Å². The van der Waals surface area contributed by atoms with E-state index in [0.29, 0.717) is 44.1 Å². The van der Waals surface area contributed by atoms with Gasteiger partial charge in [-0.05, 0) is 34.1 Å². The smallest absolute Gasteiger partial charge is 0.139 e. The maximum absolute atomic E-state index is 13.2. The van der Waals surface area contributed by atoms with Gasteiger partial charge in [0.15, 0.2) is 0 Å². The van der Waals surface area contributed by atoms with Crippen molar-refractivity contribution in [1.29, 1.82) is 0 Å². The number of halogens is 2. The van der Waals surface area contributed by atoms with Crippen LogP contribution in [0.3, 0.4) is 0 Å². The molecule has 19 heavy (non-hydrogen) atoms. The molecule has 1 N–H and O–H groups in total. The topological polar surface area (TPSA) is 39.7 Å². The van der Waals surface area contributed by atoms with E-state index in [1.165, 1.54) is 6.07 Å². The van der Waals surface area contributed by atoms with Crippen LogP contribution in [0.1, 0.15) is 0 Å². The zero-order chi connectivity index (χ0) is 13.9. The standard InChI is InChI=1S/C13H19BrFNO3/c1-17-6-7-19-9-8-18-5-4-16-11-2-3-12(14)13(15)10-11/h2-3,10,16H,4-9H2,1H3. The summed E-state index contributed by atoms with van der Waals surface area (Å²) in [6.07, 6.45) is 0. The van der Waals surface area contributed by atoms with Crippen LogP contribution in [0.15, 0.2) is 22.7 Å². The zero-order valence-corrected chi connectivity index (χ0v) is 12.5. The lowest BCUT2D eigenvalue weighted by Crippen LogP contribution is -2.13. The second-order valence-electron chi connectivity index (χ2n) is 3.77. The highest BCUT2D eigenvalue weighted by atomic mass is 79.9. The lowest BCUT2D eigenvalue weighted by atomic mass is 10.3. The predicted molar refractivity (Wildman–Crippen MR) is 76.1 cm³/mol. The van der Waals surface area contributed by atoms with Crippen LogP contribution in [0.25, 0.3) is 0 Å². The van der Waals surface area contributed by atoms with Gasteiger partial charge in [-0.1, -0.05) is 0 Å². The molecule has 108 valence electrons. The number of hydrogen-bond acceptors (Lipinski definition) is 4. The van der Waals surface area contributed by atoms with Crippen molar-refractivity contribution < 1.29 is 18.6 Å². The molecule has 0 amide bonds. The Morgan fingerprint density at radius 2 is 1.79 bits per heavy atom. The molecule has 0 heterocycles. The van der Waals surface area contributed by atoms with Gasteiger partial charge in [0.1, 0.15) is 5.82 Å². The minimum absolute atomic E-state index is 0.280. The molecule has 0 spiro atoms. The summed E-state index contributed by atoms with van der Waals surface area (Å²) in [4.78, 5) is 0. The Kier molecular flexibility index (Phi) is 8.73. The summed E-state index contributed by atoms with van der Waals surface area (Å²) in [7, 11) is 1.64. The molecule has 0 aliphatic heterocycles. The number of ether oxygens (including phenoxy) is 3. The lowest BCUT2D eigenvalue weighted by molar-refractivity contribution is 0.0272. The number of anilines is 1. The second-order valence-corrected chi connectivity index (χ2v) is 4.63. The number of rotatable bonds is 10. The lowest BCUT2D eigenvalue weighted by Gasteiger charge is -2.08. The molecule has 0 bridgehead atoms. The van der Waals surface area contributed by atoms with E-state index >= 15 is 0 Å². The fraction of sp³-hybridized carbons (Fsp3) is 0.538. The van der Waals surface area contributed by atoms with E-state index in [-0.39, 0.29) is 5.82 Å². The molecule has 0 atom stereocenters. The predicted octanol–water partition coefficient (Wildman–Crippen LogP) is 2.68. The van der Waals surface area contributed by atoms with Gasteiger partial charge in [0.2, 0.25) is 0 Å². The Bertz CT molecular complexity index is 366. The summed E-state index contributed by atoms with van der Waals surface area (Å²) in [6.45, 7) is 3.44. The van der Waals surface area contributed by atoms with Crippen LogP contribution in [0.5, 0.6) is 0 Å².